The van der Waals surface area contributed by atoms with E-state index in [1.165, 1.54) is 25.4 Å². The molecule has 2 N–H and O–H groups in total. The van der Waals surface area contributed by atoms with Crippen LogP contribution >= 0.6 is 0 Å². The highest BCUT2D eigenvalue weighted by Gasteiger charge is 2.47. The zero-order valence-electron chi connectivity index (χ0n) is 21.6. The molecule has 1 aromatic carbocycles. The number of ether oxygens (including phenoxy) is 1. The van der Waals surface area contributed by atoms with Gasteiger partial charge in [-0.25, -0.2) is 13.2 Å². The molecule has 0 unspecified atom stereocenters. The van der Waals surface area contributed by atoms with Crippen LogP contribution in [0.1, 0.15) is 46.0 Å². The third kappa shape index (κ3) is 4.87. The number of benzene rings is 1. The van der Waals surface area contributed by atoms with Gasteiger partial charge in [0.25, 0.3) is 0 Å². The SMILES string of the molecule is COc1cc(-c2cc(O)c(-c3ccc(N(CCF)[C@@H]4C[C@]5(C)CCC[C@](C)(C4)N5)nn3)c(F)c2F)cnn1. The van der Waals surface area contributed by atoms with E-state index in [-0.39, 0.29) is 46.4 Å². The van der Waals surface area contributed by atoms with E-state index < -0.39 is 29.6 Å². The lowest BCUT2D eigenvalue weighted by Crippen LogP contribution is -2.67. The molecule has 3 atom stereocenters. The zero-order chi connectivity index (χ0) is 27.1. The quantitative estimate of drug-likeness (QED) is 0.451. The molecule has 0 amide bonds. The summed E-state index contributed by atoms with van der Waals surface area (Å²) in [6.07, 6.45) is 6.17. The van der Waals surface area contributed by atoms with Crippen LogP contribution in [0.25, 0.3) is 22.4 Å². The first-order valence-corrected chi connectivity index (χ1v) is 12.7. The summed E-state index contributed by atoms with van der Waals surface area (Å²) in [6, 6.07) is 5.61. The molecule has 4 heterocycles. The Bertz CT molecular complexity index is 1310. The van der Waals surface area contributed by atoms with Crippen molar-refractivity contribution in [1.82, 2.24) is 25.7 Å². The van der Waals surface area contributed by atoms with Crippen LogP contribution < -0.4 is 15.0 Å². The highest BCUT2D eigenvalue weighted by molar-refractivity contribution is 5.75. The molecule has 11 heteroatoms. The van der Waals surface area contributed by atoms with Crippen molar-refractivity contribution in [3.63, 3.8) is 0 Å². The molecule has 0 saturated carbocycles. The van der Waals surface area contributed by atoms with Crippen LogP contribution in [0.15, 0.2) is 30.5 Å². The number of methoxy groups -OCH3 is 1. The van der Waals surface area contributed by atoms with Crippen molar-refractivity contribution in [2.45, 2.75) is 63.1 Å². The Balaban J connectivity index is 1.45. The van der Waals surface area contributed by atoms with Gasteiger partial charge in [0.1, 0.15) is 12.4 Å². The molecule has 0 aliphatic carbocycles. The number of halogens is 3. The van der Waals surface area contributed by atoms with Gasteiger partial charge in [-0.15, -0.1) is 15.3 Å². The van der Waals surface area contributed by atoms with Crippen molar-refractivity contribution >= 4 is 5.82 Å². The number of aromatic nitrogens is 4. The fraction of sp³-hybridized carbons (Fsp3) is 0.481. The van der Waals surface area contributed by atoms with E-state index >= 15 is 8.78 Å². The van der Waals surface area contributed by atoms with E-state index in [0.29, 0.717) is 5.82 Å². The van der Waals surface area contributed by atoms with E-state index in [0.717, 1.165) is 38.2 Å². The number of phenolic OH excluding ortho intramolecular Hbond substituents is 1. The second-order valence-electron chi connectivity index (χ2n) is 10.8. The molecule has 2 aromatic heterocycles. The Morgan fingerprint density at radius 3 is 2.45 bits per heavy atom. The molecule has 2 aliphatic heterocycles. The molecule has 0 spiro atoms. The lowest BCUT2D eigenvalue weighted by molar-refractivity contribution is 0.0767. The number of aromatic hydroxyl groups is 1. The molecule has 0 radical (unpaired) electrons. The van der Waals surface area contributed by atoms with Gasteiger partial charge in [0.05, 0.1) is 24.6 Å². The molecule has 8 nitrogen and oxygen atoms in total. The van der Waals surface area contributed by atoms with Gasteiger partial charge >= 0.3 is 0 Å². The molecule has 3 aromatic rings. The van der Waals surface area contributed by atoms with Crippen molar-refractivity contribution in [1.29, 1.82) is 0 Å². The summed E-state index contributed by atoms with van der Waals surface area (Å²) in [5.74, 6) is -2.39. The summed E-state index contributed by atoms with van der Waals surface area (Å²) < 4.78 is 49.0. The number of alkyl halides is 1. The maximum absolute atomic E-state index is 15.2. The van der Waals surface area contributed by atoms with Crippen molar-refractivity contribution < 1.29 is 23.0 Å². The summed E-state index contributed by atoms with van der Waals surface area (Å²) in [4.78, 5) is 1.92. The van der Waals surface area contributed by atoms with Gasteiger partial charge in [0.15, 0.2) is 17.5 Å². The molecular formula is C27H31F3N6O2. The predicted octanol–water partition coefficient (Wildman–Crippen LogP) is 4.82. The first kappa shape index (κ1) is 26.1. The minimum Gasteiger partial charge on any atom is -0.507 e. The van der Waals surface area contributed by atoms with Gasteiger partial charge in [-0.05, 0) is 64.2 Å². The number of phenols is 1. The van der Waals surface area contributed by atoms with Gasteiger partial charge in [-0.1, -0.05) is 0 Å². The Kier molecular flexibility index (Phi) is 6.89. The number of hydrogen-bond donors (Lipinski definition) is 2. The molecule has 2 aliphatic rings. The molecule has 202 valence electrons. The summed E-state index contributed by atoms with van der Waals surface area (Å²) >= 11 is 0. The molecule has 2 saturated heterocycles. The summed E-state index contributed by atoms with van der Waals surface area (Å²) in [7, 11) is 1.37. The average molecular weight is 529 g/mol. The van der Waals surface area contributed by atoms with Crippen LogP contribution in [-0.4, -0.2) is 63.0 Å². The van der Waals surface area contributed by atoms with Gasteiger partial charge in [-0.2, -0.15) is 5.10 Å². The minimum atomic E-state index is -1.27. The van der Waals surface area contributed by atoms with E-state index in [9.17, 15) is 9.50 Å². The summed E-state index contributed by atoms with van der Waals surface area (Å²) in [5.41, 5.74) is -0.545. The van der Waals surface area contributed by atoms with Crippen LogP contribution in [-0.2, 0) is 0 Å². The molecule has 2 fully saturated rings. The zero-order valence-corrected chi connectivity index (χ0v) is 21.6. The average Bonchev–Trinajstić information content (AvgIpc) is 2.88. The third-order valence-electron chi connectivity index (χ3n) is 7.74. The van der Waals surface area contributed by atoms with E-state index in [2.05, 4.69) is 39.6 Å². The van der Waals surface area contributed by atoms with E-state index in [1.807, 2.05) is 4.90 Å². The first-order chi connectivity index (χ1) is 18.1. The van der Waals surface area contributed by atoms with Gasteiger partial charge in [0.2, 0.25) is 5.88 Å². The largest absolute Gasteiger partial charge is 0.507 e. The Morgan fingerprint density at radius 2 is 1.82 bits per heavy atom. The number of fused-ring (bicyclic) bond motifs is 2. The molecule has 2 bridgehead atoms. The van der Waals surface area contributed by atoms with Crippen LogP contribution in [0.5, 0.6) is 11.6 Å². The van der Waals surface area contributed by atoms with Crippen molar-refractivity contribution in [3.8, 4) is 34.0 Å². The van der Waals surface area contributed by atoms with Crippen LogP contribution in [0.2, 0.25) is 0 Å². The molecule has 5 rings (SSSR count). The van der Waals surface area contributed by atoms with Gasteiger partial charge in [0, 0.05) is 40.9 Å². The van der Waals surface area contributed by atoms with Crippen molar-refractivity contribution in [2.24, 2.45) is 0 Å². The van der Waals surface area contributed by atoms with Crippen molar-refractivity contribution in [2.75, 3.05) is 25.2 Å². The molecular weight excluding hydrogens is 497 g/mol. The fourth-order valence-electron chi connectivity index (χ4n) is 6.21. The maximum atomic E-state index is 15.2. The van der Waals surface area contributed by atoms with Crippen LogP contribution in [0.3, 0.4) is 0 Å². The number of nitrogens with zero attached hydrogens (tertiary/aromatic N) is 5. The second-order valence-corrected chi connectivity index (χ2v) is 10.8. The maximum Gasteiger partial charge on any atom is 0.233 e. The summed E-state index contributed by atoms with van der Waals surface area (Å²) in [5, 5.41) is 30.2. The Hall–Kier alpha value is -3.47. The smallest absolute Gasteiger partial charge is 0.233 e. The second kappa shape index (κ2) is 10.0. The number of rotatable bonds is 7. The summed E-state index contributed by atoms with van der Waals surface area (Å²) in [6.45, 7) is 4.01. The monoisotopic (exact) mass is 528 g/mol. The predicted molar refractivity (Wildman–Crippen MR) is 137 cm³/mol. The highest BCUT2D eigenvalue weighted by atomic mass is 19.2. The lowest BCUT2D eigenvalue weighted by atomic mass is 9.69. The number of hydrogen-bond acceptors (Lipinski definition) is 8. The Labute approximate surface area is 219 Å². The minimum absolute atomic E-state index is 0.0408. The first-order valence-electron chi connectivity index (χ1n) is 12.7. The van der Waals surface area contributed by atoms with E-state index in [1.54, 1.807) is 6.07 Å². The van der Waals surface area contributed by atoms with E-state index in [4.69, 9.17) is 4.74 Å². The van der Waals surface area contributed by atoms with Crippen molar-refractivity contribution in [3.05, 3.63) is 42.1 Å². The molecule has 38 heavy (non-hydrogen) atoms. The highest BCUT2D eigenvalue weighted by Crippen LogP contribution is 2.43. The number of nitrogens with one attached hydrogen (secondary N) is 1. The normalized spacial score (nSPS) is 24.7. The Morgan fingerprint density at radius 1 is 1.08 bits per heavy atom. The topological polar surface area (TPSA) is 96.3 Å². The number of piperidine rings is 2. The van der Waals surface area contributed by atoms with Gasteiger partial charge in [-0.3, -0.25) is 0 Å². The fourth-order valence-corrected chi connectivity index (χ4v) is 6.21. The van der Waals surface area contributed by atoms with Gasteiger partial charge < -0.3 is 20.1 Å². The lowest BCUT2D eigenvalue weighted by Gasteiger charge is -2.55. The van der Waals surface area contributed by atoms with Crippen LogP contribution in [0, 0.1) is 11.6 Å². The van der Waals surface area contributed by atoms with Crippen LogP contribution in [0.4, 0.5) is 19.0 Å². The third-order valence-corrected chi connectivity index (χ3v) is 7.74. The standard InChI is InChI=1S/C27H31F3N6O2/c1-26-7-4-8-27(2,35-26)14-17(13-26)36(10-9-28)21-6-5-19(32-33-21)23-20(37)12-18(24(29)25(23)30)16-11-22(38-3)34-31-15-16/h5-6,11-12,15,17,35,37H,4,7-10,13-14H2,1-3H3/t17-,26+,27-. The number of anilines is 1.